The van der Waals surface area contributed by atoms with Crippen LogP contribution in [0.1, 0.15) is 25.3 Å². The molecule has 1 fully saturated rings. The van der Waals surface area contributed by atoms with Gasteiger partial charge >= 0.3 is 0 Å². The van der Waals surface area contributed by atoms with E-state index in [-0.39, 0.29) is 0 Å². The maximum atomic E-state index is 4.32. The molecule has 4 rings (SSSR count). The fourth-order valence-electron chi connectivity index (χ4n) is 3.40. The van der Waals surface area contributed by atoms with Crippen molar-refractivity contribution in [2.24, 2.45) is 5.92 Å². The molecule has 4 heteroatoms. The van der Waals surface area contributed by atoms with Gasteiger partial charge in [-0.3, -0.25) is 0 Å². The van der Waals surface area contributed by atoms with Gasteiger partial charge in [0.2, 0.25) is 0 Å². The Labute approximate surface area is 148 Å². The fourth-order valence-corrected chi connectivity index (χ4v) is 3.40. The highest BCUT2D eigenvalue weighted by atomic mass is 15.4. The molecule has 2 atom stereocenters. The number of hydrogen-bond acceptors (Lipinski definition) is 3. The Balaban J connectivity index is 1.43. The number of nitrogens with zero attached hydrogens (tertiary/aromatic N) is 3. The summed E-state index contributed by atoms with van der Waals surface area (Å²) in [6.07, 6.45) is 6.83. The van der Waals surface area contributed by atoms with E-state index in [1.54, 1.807) is 0 Å². The zero-order chi connectivity index (χ0) is 17.1. The first-order chi connectivity index (χ1) is 12.3. The zero-order valence-corrected chi connectivity index (χ0v) is 14.5. The summed E-state index contributed by atoms with van der Waals surface area (Å²) in [5.74, 6) is 0.637. The molecule has 25 heavy (non-hydrogen) atoms. The summed E-state index contributed by atoms with van der Waals surface area (Å²) in [4.78, 5) is 0. The Morgan fingerprint density at radius 3 is 2.60 bits per heavy atom. The first kappa shape index (κ1) is 15.9. The quantitative estimate of drug-likeness (QED) is 0.753. The first-order valence-corrected chi connectivity index (χ1v) is 8.92. The van der Waals surface area contributed by atoms with E-state index in [1.807, 2.05) is 29.1 Å². The number of nitrogens with one attached hydrogen (secondary N) is 1. The van der Waals surface area contributed by atoms with Crippen LogP contribution in [0.25, 0.3) is 11.3 Å². The predicted octanol–water partition coefficient (Wildman–Crippen LogP) is 4.41. The van der Waals surface area contributed by atoms with Gasteiger partial charge < -0.3 is 5.32 Å². The van der Waals surface area contributed by atoms with Crippen LogP contribution in [-0.4, -0.2) is 21.0 Å². The molecular weight excluding hydrogens is 308 g/mol. The van der Waals surface area contributed by atoms with Crippen molar-refractivity contribution in [3.63, 3.8) is 0 Å². The van der Waals surface area contributed by atoms with E-state index in [0.29, 0.717) is 12.0 Å². The first-order valence-electron chi connectivity index (χ1n) is 8.92. The molecular formula is C21H23N4. The molecule has 4 nitrogen and oxygen atoms in total. The average Bonchev–Trinajstić information content (AvgIpc) is 3.26. The minimum atomic E-state index is 0.553. The van der Waals surface area contributed by atoms with Crippen LogP contribution < -0.4 is 5.32 Å². The third-order valence-electron chi connectivity index (χ3n) is 4.91. The van der Waals surface area contributed by atoms with Crippen LogP contribution in [0.3, 0.4) is 0 Å². The van der Waals surface area contributed by atoms with Crippen LogP contribution in [0.5, 0.6) is 0 Å². The monoisotopic (exact) mass is 331 g/mol. The number of anilines is 1. The smallest absolute Gasteiger partial charge is 0.113 e. The van der Waals surface area contributed by atoms with Gasteiger partial charge in [-0.25, -0.2) is 4.68 Å². The lowest BCUT2D eigenvalue weighted by Crippen LogP contribution is -2.21. The van der Waals surface area contributed by atoms with E-state index >= 15 is 0 Å². The van der Waals surface area contributed by atoms with Crippen molar-refractivity contribution in [1.82, 2.24) is 15.0 Å². The molecule has 1 N–H and O–H groups in total. The van der Waals surface area contributed by atoms with E-state index in [2.05, 4.69) is 65.4 Å². The molecule has 1 aliphatic rings. The second kappa shape index (κ2) is 7.09. The third kappa shape index (κ3) is 3.73. The summed E-state index contributed by atoms with van der Waals surface area (Å²) < 4.78 is 1.88. The molecule has 1 heterocycles. The van der Waals surface area contributed by atoms with Crippen molar-refractivity contribution in [1.29, 1.82) is 0 Å². The highest BCUT2D eigenvalue weighted by Crippen LogP contribution is 2.28. The van der Waals surface area contributed by atoms with E-state index in [4.69, 9.17) is 0 Å². The Bertz CT molecular complexity index is 807. The maximum absolute atomic E-state index is 4.32. The van der Waals surface area contributed by atoms with Crippen molar-refractivity contribution in [3.05, 3.63) is 72.8 Å². The molecule has 2 unspecified atom stereocenters. The molecule has 1 aliphatic carbocycles. The van der Waals surface area contributed by atoms with Crippen molar-refractivity contribution in [2.75, 3.05) is 5.32 Å². The Morgan fingerprint density at radius 2 is 1.88 bits per heavy atom. The lowest BCUT2D eigenvalue weighted by atomic mass is 10.1. The number of aromatic nitrogens is 3. The fraction of sp³-hybridized carbons (Fsp3) is 0.286. The highest BCUT2D eigenvalue weighted by Gasteiger charge is 2.23. The largest absolute Gasteiger partial charge is 0.382 e. The van der Waals surface area contributed by atoms with Gasteiger partial charge in [-0.15, -0.1) is 5.10 Å². The second-order valence-electron chi connectivity index (χ2n) is 6.79. The molecule has 0 aliphatic heterocycles. The lowest BCUT2D eigenvalue weighted by Gasteiger charge is -2.18. The van der Waals surface area contributed by atoms with E-state index in [0.717, 1.165) is 17.8 Å². The van der Waals surface area contributed by atoms with Gasteiger partial charge in [-0.1, -0.05) is 54.6 Å². The Morgan fingerprint density at radius 1 is 1.08 bits per heavy atom. The Hall–Kier alpha value is -2.62. The molecule has 1 radical (unpaired) electrons. The second-order valence-corrected chi connectivity index (χ2v) is 6.79. The summed E-state index contributed by atoms with van der Waals surface area (Å²) in [6.45, 7) is 3.02. The van der Waals surface area contributed by atoms with Crippen LogP contribution in [0.15, 0.2) is 60.8 Å². The van der Waals surface area contributed by atoms with E-state index < -0.39 is 0 Å². The van der Waals surface area contributed by atoms with Gasteiger partial charge in [0, 0.05) is 17.3 Å². The predicted molar refractivity (Wildman–Crippen MR) is 101 cm³/mol. The minimum absolute atomic E-state index is 0.553. The molecule has 0 amide bonds. The number of benzene rings is 2. The SMILES string of the molecule is CC1[CH]CCC1Nc1ccc(-c2cn(Cc3ccccc3)nn2)cc1. The lowest BCUT2D eigenvalue weighted by molar-refractivity contribution is 0.610. The molecule has 0 bridgehead atoms. The van der Waals surface area contributed by atoms with Gasteiger partial charge in [0.1, 0.15) is 5.69 Å². The average molecular weight is 331 g/mol. The zero-order valence-electron chi connectivity index (χ0n) is 14.5. The molecule has 1 aromatic heterocycles. The van der Waals surface area contributed by atoms with Crippen molar-refractivity contribution >= 4 is 5.69 Å². The van der Waals surface area contributed by atoms with Crippen LogP contribution in [0.4, 0.5) is 5.69 Å². The normalized spacial score (nSPS) is 19.9. The summed E-state index contributed by atoms with van der Waals surface area (Å²) in [5, 5.41) is 12.2. The minimum Gasteiger partial charge on any atom is -0.382 e. The van der Waals surface area contributed by atoms with Gasteiger partial charge in [0.25, 0.3) is 0 Å². The maximum Gasteiger partial charge on any atom is 0.113 e. The van der Waals surface area contributed by atoms with Crippen LogP contribution in [0, 0.1) is 12.3 Å². The van der Waals surface area contributed by atoms with Crippen molar-refractivity contribution in [2.45, 2.75) is 32.4 Å². The molecule has 127 valence electrons. The van der Waals surface area contributed by atoms with Gasteiger partial charge in [0.15, 0.2) is 0 Å². The van der Waals surface area contributed by atoms with Gasteiger partial charge in [-0.05, 0) is 42.9 Å². The third-order valence-corrected chi connectivity index (χ3v) is 4.91. The van der Waals surface area contributed by atoms with Gasteiger partial charge in [-0.2, -0.15) is 0 Å². The van der Waals surface area contributed by atoms with Crippen LogP contribution in [-0.2, 0) is 6.54 Å². The van der Waals surface area contributed by atoms with E-state index in [9.17, 15) is 0 Å². The summed E-state index contributed by atoms with van der Waals surface area (Å²) in [5.41, 5.74) is 4.40. The highest BCUT2D eigenvalue weighted by molar-refractivity contribution is 5.61. The molecule has 3 aromatic rings. The molecule has 0 saturated heterocycles. The van der Waals surface area contributed by atoms with E-state index in [1.165, 1.54) is 24.1 Å². The number of rotatable bonds is 5. The molecule has 2 aromatic carbocycles. The summed E-state index contributed by atoms with van der Waals surface area (Å²) in [6, 6.07) is 19.4. The summed E-state index contributed by atoms with van der Waals surface area (Å²) in [7, 11) is 0. The van der Waals surface area contributed by atoms with Crippen LogP contribution in [0.2, 0.25) is 0 Å². The van der Waals surface area contributed by atoms with Crippen molar-refractivity contribution in [3.8, 4) is 11.3 Å². The molecule has 1 saturated carbocycles. The van der Waals surface area contributed by atoms with Crippen LogP contribution >= 0.6 is 0 Å². The summed E-state index contributed by atoms with van der Waals surface area (Å²) >= 11 is 0. The topological polar surface area (TPSA) is 42.7 Å². The molecule has 0 spiro atoms. The Kier molecular flexibility index (Phi) is 4.51. The number of hydrogen-bond donors (Lipinski definition) is 1. The standard InChI is InChI=1S/C21H23N4/c1-16-6-5-9-20(16)22-19-12-10-18(11-13-19)21-15-25(24-23-21)14-17-7-3-2-4-8-17/h2-4,6-8,10-13,15-16,20,22H,5,9,14H2,1H3. The van der Waals surface area contributed by atoms with Crippen molar-refractivity contribution < 1.29 is 0 Å². The van der Waals surface area contributed by atoms with Gasteiger partial charge in [0.05, 0.1) is 12.7 Å².